The number of hydrogen-bond acceptors (Lipinski definition) is 1. The van der Waals surface area contributed by atoms with Gasteiger partial charge in [0.25, 0.3) is 0 Å². The molecule has 1 N–H and O–H groups in total. The van der Waals surface area contributed by atoms with E-state index in [-0.39, 0.29) is 0 Å². The number of anilines is 1. The molecule has 1 heterocycles. The Bertz CT molecular complexity index is 293. The monoisotopic (exact) mass is 189 g/mol. The highest BCUT2D eigenvalue weighted by Gasteiger charge is 2.15. The molecule has 1 nitrogen and oxygen atoms in total. The molecule has 0 bridgehead atoms. The van der Waals surface area contributed by atoms with Gasteiger partial charge in [0.15, 0.2) is 0 Å². The predicted octanol–water partition coefficient (Wildman–Crippen LogP) is 3.60. The summed E-state index contributed by atoms with van der Waals surface area (Å²) in [5, 5.41) is 3.63. The molecule has 0 aliphatic carbocycles. The molecule has 0 aromatic heterocycles. The van der Waals surface area contributed by atoms with Crippen LogP contribution in [0.4, 0.5) is 5.69 Å². The topological polar surface area (TPSA) is 12.0 Å². The van der Waals surface area contributed by atoms with Gasteiger partial charge < -0.3 is 5.32 Å². The Morgan fingerprint density at radius 3 is 3.07 bits per heavy atom. The minimum Gasteiger partial charge on any atom is -0.382 e. The highest BCUT2D eigenvalue weighted by molar-refractivity contribution is 5.53. The van der Waals surface area contributed by atoms with Crippen molar-refractivity contribution < 1.29 is 0 Å². The Morgan fingerprint density at radius 2 is 2.21 bits per heavy atom. The van der Waals surface area contributed by atoms with Crippen LogP contribution in [0.2, 0.25) is 0 Å². The summed E-state index contributed by atoms with van der Waals surface area (Å²) in [5.74, 6) is 0. The van der Waals surface area contributed by atoms with Crippen LogP contribution >= 0.6 is 0 Å². The Hall–Kier alpha value is -0.980. The number of benzene rings is 1. The summed E-state index contributed by atoms with van der Waals surface area (Å²) in [4.78, 5) is 0. The first-order valence-corrected chi connectivity index (χ1v) is 5.74. The van der Waals surface area contributed by atoms with Crippen LogP contribution in [0.3, 0.4) is 0 Å². The molecular weight excluding hydrogens is 170 g/mol. The third-order valence-corrected chi connectivity index (χ3v) is 3.05. The van der Waals surface area contributed by atoms with Gasteiger partial charge in [0.05, 0.1) is 0 Å². The van der Waals surface area contributed by atoms with E-state index in [1.807, 2.05) is 0 Å². The number of unbranched alkanes of at least 4 members (excludes halogenated alkanes) is 1. The lowest BCUT2D eigenvalue weighted by molar-refractivity contribution is 0.558. The van der Waals surface area contributed by atoms with Gasteiger partial charge in [0.1, 0.15) is 0 Å². The second-order valence-electron chi connectivity index (χ2n) is 4.18. The number of para-hydroxylation sites is 1. The first kappa shape index (κ1) is 9.57. The molecule has 0 fully saturated rings. The number of hydrogen-bond donors (Lipinski definition) is 1. The number of rotatable bonds is 3. The number of aryl methyl sites for hydroxylation is 1. The van der Waals surface area contributed by atoms with Crippen molar-refractivity contribution in [2.75, 3.05) is 5.32 Å². The zero-order valence-corrected chi connectivity index (χ0v) is 8.92. The van der Waals surface area contributed by atoms with Gasteiger partial charge in [-0.1, -0.05) is 38.0 Å². The minimum atomic E-state index is 0.713. The summed E-state index contributed by atoms with van der Waals surface area (Å²) in [6.07, 6.45) is 6.53. The average molecular weight is 189 g/mol. The van der Waals surface area contributed by atoms with Gasteiger partial charge in [0, 0.05) is 11.7 Å². The summed E-state index contributed by atoms with van der Waals surface area (Å²) < 4.78 is 0. The minimum absolute atomic E-state index is 0.713. The molecule has 0 saturated carbocycles. The maximum atomic E-state index is 3.63. The molecule has 14 heavy (non-hydrogen) atoms. The van der Waals surface area contributed by atoms with E-state index < -0.39 is 0 Å². The van der Waals surface area contributed by atoms with Crippen LogP contribution in [0.1, 0.15) is 38.2 Å². The van der Waals surface area contributed by atoms with Gasteiger partial charge in [-0.2, -0.15) is 0 Å². The Balaban J connectivity index is 1.99. The van der Waals surface area contributed by atoms with Gasteiger partial charge in [-0.05, 0) is 30.9 Å². The maximum absolute atomic E-state index is 3.63. The third-order valence-electron chi connectivity index (χ3n) is 3.05. The fourth-order valence-corrected chi connectivity index (χ4v) is 2.17. The van der Waals surface area contributed by atoms with E-state index in [2.05, 4.69) is 36.5 Å². The highest BCUT2D eigenvalue weighted by Crippen LogP contribution is 2.26. The fourth-order valence-electron chi connectivity index (χ4n) is 2.17. The zero-order chi connectivity index (χ0) is 9.80. The van der Waals surface area contributed by atoms with Gasteiger partial charge >= 0.3 is 0 Å². The predicted molar refractivity (Wildman–Crippen MR) is 61.7 cm³/mol. The summed E-state index contributed by atoms with van der Waals surface area (Å²) in [7, 11) is 0. The first-order chi connectivity index (χ1) is 6.90. The Labute approximate surface area is 86.5 Å². The summed E-state index contributed by atoms with van der Waals surface area (Å²) in [6.45, 7) is 2.26. The van der Waals surface area contributed by atoms with Gasteiger partial charge in [-0.25, -0.2) is 0 Å². The molecule has 0 saturated heterocycles. The summed E-state index contributed by atoms with van der Waals surface area (Å²) in [6, 6.07) is 9.40. The van der Waals surface area contributed by atoms with Crippen LogP contribution in [-0.2, 0) is 6.42 Å². The van der Waals surface area contributed by atoms with Crippen LogP contribution in [0.25, 0.3) is 0 Å². The molecule has 1 aliphatic heterocycles. The lowest BCUT2D eigenvalue weighted by Gasteiger charge is -2.26. The van der Waals surface area contributed by atoms with Crippen molar-refractivity contribution in [3.63, 3.8) is 0 Å². The molecular formula is C13H19N. The van der Waals surface area contributed by atoms with Crippen molar-refractivity contribution in [3.8, 4) is 0 Å². The molecule has 1 aromatic carbocycles. The van der Waals surface area contributed by atoms with Gasteiger partial charge in [0.2, 0.25) is 0 Å². The summed E-state index contributed by atoms with van der Waals surface area (Å²) >= 11 is 0. The van der Waals surface area contributed by atoms with Crippen molar-refractivity contribution in [1.29, 1.82) is 0 Å². The van der Waals surface area contributed by atoms with Crippen LogP contribution in [-0.4, -0.2) is 6.04 Å². The summed E-state index contributed by atoms with van der Waals surface area (Å²) in [5.41, 5.74) is 2.85. The molecule has 2 rings (SSSR count). The Kier molecular flexibility index (Phi) is 3.07. The molecule has 1 unspecified atom stereocenters. The normalized spacial score (nSPS) is 19.9. The molecule has 0 radical (unpaired) electrons. The maximum Gasteiger partial charge on any atom is 0.0374 e. The van der Waals surface area contributed by atoms with Crippen molar-refractivity contribution in [3.05, 3.63) is 29.8 Å². The van der Waals surface area contributed by atoms with Crippen molar-refractivity contribution in [2.24, 2.45) is 0 Å². The lowest BCUT2D eigenvalue weighted by atomic mass is 9.95. The molecule has 76 valence electrons. The SMILES string of the molecule is CCCCC1CCc2ccccc2N1. The van der Waals surface area contributed by atoms with Crippen molar-refractivity contribution in [2.45, 2.75) is 45.1 Å². The van der Waals surface area contributed by atoms with Crippen LogP contribution in [0.5, 0.6) is 0 Å². The van der Waals surface area contributed by atoms with E-state index in [4.69, 9.17) is 0 Å². The molecule has 0 amide bonds. The van der Waals surface area contributed by atoms with E-state index in [1.54, 1.807) is 0 Å². The van der Waals surface area contributed by atoms with E-state index in [0.29, 0.717) is 6.04 Å². The third kappa shape index (κ3) is 2.09. The van der Waals surface area contributed by atoms with Crippen molar-refractivity contribution in [1.82, 2.24) is 0 Å². The van der Waals surface area contributed by atoms with Crippen molar-refractivity contribution >= 4 is 5.69 Å². The lowest BCUT2D eigenvalue weighted by Crippen LogP contribution is -2.25. The number of nitrogens with one attached hydrogen (secondary N) is 1. The molecule has 1 aliphatic rings. The Morgan fingerprint density at radius 1 is 1.36 bits per heavy atom. The van der Waals surface area contributed by atoms with Gasteiger partial charge in [-0.3, -0.25) is 0 Å². The van der Waals surface area contributed by atoms with Crippen LogP contribution < -0.4 is 5.32 Å². The van der Waals surface area contributed by atoms with E-state index in [1.165, 1.54) is 43.4 Å². The standard InChI is InChI=1S/C13H19N/c1-2-3-7-12-10-9-11-6-4-5-8-13(11)14-12/h4-6,8,12,14H,2-3,7,9-10H2,1H3. The molecule has 1 aromatic rings. The molecule has 1 heteroatoms. The quantitative estimate of drug-likeness (QED) is 0.766. The fraction of sp³-hybridized carbons (Fsp3) is 0.538. The van der Waals surface area contributed by atoms with E-state index >= 15 is 0 Å². The second-order valence-corrected chi connectivity index (χ2v) is 4.18. The largest absolute Gasteiger partial charge is 0.382 e. The smallest absolute Gasteiger partial charge is 0.0374 e. The van der Waals surface area contributed by atoms with Gasteiger partial charge in [-0.15, -0.1) is 0 Å². The average Bonchev–Trinajstić information content (AvgIpc) is 2.26. The van der Waals surface area contributed by atoms with Crippen LogP contribution in [0, 0.1) is 0 Å². The number of fused-ring (bicyclic) bond motifs is 1. The zero-order valence-electron chi connectivity index (χ0n) is 8.92. The highest BCUT2D eigenvalue weighted by atomic mass is 14.9. The second kappa shape index (κ2) is 4.50. The van der Waals surface area contributed by atoms with Crippen LogP contribution in [0.15, 0.2) is 24.3 Å². The van der Waals surface area contributed by atoms with E-state index in [9.17, 15) is 0 Å². The first-order valence-electron chi connectivity index (χ1n) is 5.74. The molecule has 1 atom stereocenters. The molecule has 0 spiro atoms. The van der Waals surface area contributed by atoms with E-state index in [0.717, 1.165) is 0 Å².